The minimum atomic E-state index is -1.54. The van der Waals surface area contributed by atoms with E-state index in [0.29, 0.717) is 42.3 Å². The van der Waals surface area contributed by atoms with Crippen LogP contribution in [0.3, 0.4) is 0 Å². The number of methoxy groups -OCH3 is 2. The van der Waals surface area contributed by atoms with E-state index in [2.05, 4.69) is 0 Å². The minimum Gasteiger partial charge on any atom is -0.493 e. The van der Waals surface area contributed by atoms with Gasteiger partial charge < -0.3 is 23.9 Å². The maximum Gasteiger partial charge on any atom is 0.341 e. The molecule has 0 fully saturated rings. The number of rotatable bonds is 7. The minimum absolute atomic E-state index is 0.129. The topological polar surface area (TPSA) is 87.0 Å². The molecule has 2 aromatic rings. The summed E-state index contributed by atoms with van der Waals surface area (Å²) in [5, 5.41) is 9.41. The Morgan fingerprint density at radius 3 is 2.58 bits per heavy atom. The number of fused-ring (bicyclic) bond motifs is 3. The van der Waals surface area contributed by atoms with Crippen LogP contribution in [0.25, 0.3) is 11.3 Å². The van der Waals surface area contributed by atoms with Gasteiger partial charge in [-0.15, -0.1) is 0 Å². The molecule has 1 atom stereocenters. The summed E-state index contributed by atoms with van der Waals surface area (Å²) in [6, 6.07) is 1.81. The average molecular weight is 434 g/mol. The zero-order chi connectivity index (χ0) is 23.8. The summed E-state index contributed by atoms with van der Waals surface area (Å²) in [6.07, 6.45) is 1.89. The molecule has 0 saturated heterocycles. The first-order valence-electron chi connectivity index (χ1n) is 10.5. The van der Waals surface area contributed by atoms with Gasteiger partial charge >= 0.3 is 5.97 Å². The highest BCUT2D eigenvalue weighted by Gasteiger charge is 2.36. The molecule has 7 nitrogen and oxygen atoms in total. The van der Waals surface area contributed by atoms with Gasteiger partial charge in [0.15, 0.2) is 17.3 Å². The summed E-state index contributed by atoms with van der Waals surface area (Å²) >= 11 is 0. The Kier molecular flexibility index (Phi) is 6.00. The SMILES string of the molecule is [2H][C@@]1(C(C)(C)C)Cc2cc(OCCCOC)c(OC)cc2-c2c(F)c(=O)c(C(=O)O)cn21. The number of carboxylic acid groups (broad SMARTS) is 1. The molecule has 1 aromatic heterocycles. The molecule has 0 saturated carbocycles. The molecule has 1 aromatic carbocycles. The largest absolute Gasteiger partial charge is 0.493 e. The molecule has 2 heterocycles. The molecule has 3 rings (SSSR count). The lowest BCUT2D eigenvalue weighted by Gasteiger charge is -2.39. The highest BCUT2D eigenvalue weighted by molar-refractivity contribution is 5.88. The highest BCUT2D eigenvalue weighted by atomic mass is 19.1. The van der Waals surface area contributed by atoms with Gasteiger partial charge in [-0.2, -0.15) is 0 Å². The second kappa shape index (κ2) is 8.70. The van der Waals surface area contributed by atoms with Gasteiger partial charge in [0.1, 0.15) is 5.56 Å². The monoisotopic (exact) mass is 434 g/mol. The number of aromatic nitrogens is 1. The first-order chi connectivity index (χ1) is 15.0. The van der Waals surface area contributed by atoms with Crippen molar-refractivity contribution in [3.05, 3.63) is 45.5 Å². The lowest BCUT2D eigenvalue weighted by Crippen LogP contribution is -2.34. The van der Waals surface area contributed by atoms with E-state index in [9.17, 15) is 16.1 Å². The van der Waals surface area contributed by atoms with Crippen molar-refractivity contribution in [2.45, 2.75) is 39.6 Å². The molecule has 1 aliphatic rings. The predicted octanol–water partition coefficient (Wildman–Crippen LogP) is 3.92. The number of halogens is 1. The third-order valence-electron chi connectivity index (χ3n) is 5.29. The summed E-state index contributed by atoms with van der Waals surface area (Å²) < 4.78 is 42.2. The maximum absolute atomic E-state index is 15.4. The van der Waals surface area contributed by atoms with Crippen molar-refractivity contribution in [3.8, 4) is 22.8 Å². The molecular weight excluding hydrogens is 405 g/mol. The van der Waals surface area contributed by atoms with E-state index in [1.165, 1.54) is 11.7 Å². The summed E-state index contributed by atoms with van der Waals surface area (Å²) in [5.41, 5.74) is -1.80. The summed E-state index contributed by atoms with van der Waals surface area (Å²) in [6.45, 7) is 6.35. The molecule has 8 heteroatoms. The van der Waals surface area contributed by atoms with Crippen LogP contribution in [0.1, 0.15) is 50.5 Å². The van der Waals surface area contributed by atoms with Crippen LogP contribution in [-0.4, -0.2) is 43.1 Å². The van der Waals surface area contributed by atoms with E-state index in [1.54, 1.807) is 19.2 Å². The Balaban J connectivity index is 2.28. The van der Waals surface area contributed by atoms with Gasteiger partial charge in [0, 0.05) is 37.9 Å². The molecule has 0 unspecified atom stereocenters. The Morgan fingerprint density at radius 2 is 2.00 bits per heavy atom. The fourth-order valence-electron chi connectivity index (χ4n) is 3.72. The van der Waals surface area contributed by atoms with Crippen LogP contribution in [-0.2, 0) is 11.2 Å². The molecule has 1 N–H and O–H groups in total. The lowest BCUT2D eigenvalue weighted by molar-refractivity contribution is 0.0692. The second-order valence-electron chi connectivity index (χ2n) is 8.44. The van der Waals surface area contributed by atoms with Gasteiger partial charge in [-0.3, -0.25) is 4.79 Å². The Morgan fingerprint density at radius 1 is 1.29 bits per heavy atom. The summed E-state index contributed by atoms with van der Waals surface area (Å²) in [7, 11) is 3.05. The number of hydrogen-bond acceptors (Lipinski definition) is 5. The zero-order valence-electron chi connectivity index (χ0n) is 19.4. The first-order valence-corrected chi connectivity index (χ1v) is 9.98. The Labute approximate surface area is 181 Å². The van der Waals surface area contributed by atoms with Crippen LogP contribution < -0.4 is 14.9 Å². The Bertz CT molecular complexity index is 1110. The van der Waals surface area contributed by atoms with Crippen molar-refractivity contribution in [1.29, 1.82) is 0 Å². The van der Waals surface area contributed by atoms with Crippen molar-refractivity contribution in [3.63, 3.8) is 0 Å². The number of carboxylic acids is 1. The molecule has 31 heavy (non-hydrogen) atoms. The van der Waals surface area contributed by atoms with Gasteiger partial charge in [0.05, 0.1) is 20.8 Å². The first kappa shape index (κ1) is 21.4. The van der Waals surface area contributed by atoms with E-state index in [1.807, 2.05) is 20.8 Å². The average Bonchev–Trinajstić information content (AvgIpc) is 2.72. The molecule has 0 radical (unpaired) electrons. The maximum atomic E-state index is 15.4. The highest BCUT2D eigenvalue weighted by Crippen LogP contribution is 2.46. The predicted molar refractivity (Wildman–Crippen MR) is 114 cm³/mol. The molecule has 0 spiro atoms. The molecule has 0 aliphatic carbocycles. The number of pyridine rings is 1. The van der Waals surface area contributed by atoms with E-state index < -0.39 is 34.2 Å². The quantitative estimate of drug-likeness (QED) is 0.665. The van der Waals surface area contributed by atoms with Crippen LogP contribution in [0, 0.1) is 11.2 Å². The van der Waals surface area contributed by atoms with Gasteiger partial charge in [-0.25, -0.2) is 9.18 Å². The van der Waals surface area contributed by atoms with Crippen molar-refractivity contribution in [2.75, 3.05) is 27.4 Å². The van der Waals surface area contributed by atoms with Crippen LogP contribution in [0.4, 0.5) is 4.39 Å². The summed E-state index contributed by atoms with van der Waals surface area (Å²) in [4.78, 5) is 24.1. The molecule has 0 amide bonds. The number of hydrogen-bond donors (Lipinski definition) is 1. The van der Waals surface area contributed by atoms with Crippen molar-refractivity contribution < 1.29 is 29.9 Å². The van der Waals surface area contributed by atoms with Gasteiger partial charge in [-0.1, -0.05) is 20.8 Å². The number of ether oxygens (including phenoxy) is 3. The van der Waals surface area contributed by atoms with E-state index in [-0.39, 0.29) is 12.1 Å². The van der Waals surface area contributed by atoms with Gasteiger partial charge in [0.25, 0.3) is 0 Å². The normalized spacial score (nSPS) is 18.1. The molecule has 1 aliphatic heterocycles. The molecular formula is C23H28FNO6. The number of benzene rings is 1. The third-order valence-corrected chi connectivity index (χ3v) is 5.29. The Hall–Kier alpha value is -2.87. The van der Waals surface area contributed by atoms with Gasteiger partial charge in [0.2, 0.25) is 5.43 Å². The smallest absolute Gasteiger partial charge is 0.341 e. The standard InChI is InChI=1S/C23H28FNO6/c1-23(2,3)18-10-13-9-17(31-8-6-7-29-4)16(30-5)11-14(13)20-19(24)21(26)15(22(27)28)12-25(18)20/h9,11-12,18H,6-8,10H2,1-5H3,(H,27,28)/t18-/m0/s1/i18D. The fourth-order valence-corrected chi connectivity index (χ4v) is 3.72. The summed E-state index contributed by atoms with van der Waals surface area (Å²) in [5.74, 6) is -1.96. The lowest BCUT2D eigenvalue weighted by atomic mass is 9.78. The van der Waals surface area contributed by atoms with E-state index in [4.69, 9.17) is 14.2 Å². The fraction of sp³-hybridized carbons (Fsp3) is 0.478. The van der Waals surface area contributed by atoms with Crippen LogP contribution in [0.15, 0.2) is 23.1 Å². The van der Waals surface area contributed by atoms with Crippen LogP contribution in [0.5, 0.6) is 11.5 Å². The number of carbonyl (C=O) groups is 1. The van der Waals surface area contributed by atoms with Gasteiger partial charge in [-0.05, 0) is 29.5 Å². The van der Waals surface area contributed by atoms with Crippen molar-refractivity contribution in [2.24, 2.45) is 5.41 Å². The molecule has 0 bridgehead atoms. The van der Waals surface area contributed by atoms with Crippen molar-refractivity contribution in [1.82, 2.24) is 4.57 Å². The molecule has 168 valence electrons. The van der Waals surface area contributed by atoms with E-state index in [0.717, 1.165) is 6.20 Å². The number of nitrogens with zero attached hydrogens (tertiary/aromatic N) is 1. The second-order valence-corrected chi connectivity index (χ2v) is 8.44. The van der Waals surface area contributed by atoms with Crippen LogP contribution in [0.2, 0.25) is 0 Å². The van der Waals surface area contributed by atoms with E-state index >= 15 is 4.39 Å². The third kappa shape index (κ3) is 4.30. The number of aromatic carboxylic acids is 1. The van der Waals surface area contributed by atoms with Crippen molar-refractivity contribution >= 4 is 5.97 Å². The van der Waals surface area contributed by atoms with Crippen LogP contribution >= 0.6 is 0 Å². The zero-order valence-corrected chi connectivity index (χ0v) is 18.4.